The van der Waals surface area contributed by atoms with E-state index in [-0.39, 0.29) is 24.7 Å². The Bertz CT molecular complexity index is 1300. The fourth-order valence-corrected chi connectivity index (χ4v) is 9.69. The van der Waals surface area contributed by atoms with Crippen molar-refractivity contribution in [3.8, 4) is 0 Å². The zero-order valence-corrected chi connectivity index (χ0v) is 26.7. The van der Waals surface area contributed by atoms with Gasteiger partial charge in [0, 0.05) is 30.3 Å². The lowest BCUT2D eigenvalue weighted by Gasteiger charge is -2.36. The van der Waals surface area contributed by atoms with E-state index < -0.39 is 72.1 Å². The van der Waals surface area contributed by atoms with Crippen LogP contribution in [-0.2, 0) is 39.0 Å². The van der Waals surface area contributed by atoms with Crippen molar-refractivity contribution in [2.45, 2.75) is 103 Å². The molecule has 3 aliphatic rings. The van der Waals surface area contributed by atoms with Gasteiger partial charge in [0.1, 0.15) is 34.0 Å². The molecule has 1 heterocycles. The summed E-state index contributed by atoms with van der Waals surface area (Å²) in [6.45, 7) is 5.70. The number of nitrogens with one attached hydrogen (secondary N) is 3. The minimum atomic E-state index is -4.21. The molecule has 1 saturated heterocycles. The molecule has 2 saturated carbocycles. The quantitative estimate of drug-likeness (QED) is 0.130. The molecule has 3 rings (SSSR count). The number of rotatable bonds is 16. The second-order valence-corrected chi connectivity index (χ2v) is 17.0. The van der Waals surface area contributed by atoms with E-state index in [9.17, 15) is 36.0 Å². The molecular weight excluding hydrogens is 584 g/mol. The van der Waals surface area contributed by atoms with Crippen molar-refractivity contribution in [1.82, 2.24) is 14.9 Å². The van der Waals surface area contributed by atoms with Crippen molar-refractivity contribution in [1.29, 1.82) is 5.41 Å². The number of hydrogen-bond acceptors (Lipinski definition) is 9. The van der Waals surface area contributed by atoms with Crippen LogP contribution in [0.15, 0.2) is 0 Å². The van der Waals surface area contributed by atoms with Crippen LogP contribution in [0.4, 0.5) is 0 Å². The van der Waals surface area contributed by atoms with Crippen LogP contribution in [0.2, 0.25) is 0 Å². The second-order valence-electron chi connectivity index (χ2n) is 13.0. The Kier molecular flexibility index (Phi) is 10.8. The standard InChI is InChI=1S/C28H46N4O8S2/c1-19(29)8-5-6-9-21(17-33)30-25(35)23-10-7-14-32(23)26(36)22(12-15-41(4,37)38)31-42(39,40)18-28-13-11-20(16-24(28)34)27(28,2)3/h17,20-23,29,31H,5-16,18H2,1-4H3,(H,30,35)/t20?,21-,22-,23?,28+/m0/s1. The Balaban J connectivity index is 1.74. The molecule has 5 atom stereocenters. The van der Waals surface area contributed by atoms with Crippen LogP contribution < -0.4 is 10.0 Å². The number of ketones is 1. The highest BCUT2D eigenvalue weighted by Gasteiger charge is 2.65. The number of unbranched alkanes of at least 4 members (excludes halogenated alkanes) is 1. The minimum Gasteiger partial charge on any atom is -0.345 e. The van der Waals surface area contributed by atoms with Gasteiger partial charge in [0.05, 0.1) is 17.5 Å². The van der Waals surface area contributed by atoms with Gasteiger partial charge in [-0.2, -0.15) is 0 Å². The molecule has 2 unspecified atom stereocenters. The third-order valence-corrected chi connectivity index (χ3v) is 12.1. The fourth-order valence-electron chi connectivity index (χ4n) is 6.97. The van der Waals surface area contributed by atoms with Crippen LogP contribution in [0, 0.1) is 22.2 Å². The average molecular weight is 631 g/mol. The SMILES string of the molecule is CC(=N)CCCC[C@@H](C=O)NC(=O)C1CCCN1C(=O)[C@H](CCS(C)(=O)=O)NS(=O)(=O)C[C@]12CCC(CC1=O)C2(C)C. The van der Waals surface area contributed by atoms with Crippen molar-refractivity contribution in [2.24, 2.45) is 16.7 Å². The Hall–Kier alpha value is -2.19. The van der Waals surface area contributed by atoms with E-state index in [2.05, 4.69) is 10.0 Å². The van der Waals surface area contributed by atoms with Gasteiger partial charge in [0.2, 0.25) is 21.8 Å². The van der Waals surface area contributed by atoms with Gasteiger partial charge in [-0.1, -0.05) is 20.3 Å². The van der Waals surface area contributed by atoms with E-state index in [0.29, 0.717) is 63.4 Å². The number of carbonyl (C=O) groups is 4. The van der Waals surface area contributed by atoms with Gasteiger partial charge in [0.25, 0.3) is 0 Å². The first-order chi connectivity index (χ1) is 19.4. The van der Waals surface area contributed by atoms with Gasteiger partial charge >= 0.3 is 0 Å². The molecule has 3 fully saturated rings. The number of nitrogens with zero attached hydrogens (tertiary/aromatic N) is 1. The molecule has 0 aromatic carbocycles. The summed E-state index contributed by atoms with van der Waals surface area (Å²) in [4.78, 5) is 52.7. The van der Waals surface area contributed by atoms with Gasteiger partial charge in [0.15, 0.2) is 0 Å². The second kappa shape index (κ2) is 13.2. The minimum absolute atomic E-state index is 0.0953. The third kappa shape index (κ3) is 7.85. The lowest BCUT2D eigenvalue weighted by Crippen LogP contribution is -2.56. The number of aldehydes is 1. The van der Waals surface area contributed by atoms with E-state index in [0.717, 1.165) is 12.7 Å². The van der Waals surface area contributed by atoms with E-state index in [1.807, 2.05) is 13.8 Å². The molecule has 1 aliphatic heterocycles. The summed E-state index contributed by atoms with van der Waals surface area (Å²) in [5.41, 5.74) is -1.05. The highest BCUT2D eigenvalue weighted by atomic mass is 32.2. The number of sulfone groups is 1. The smallest absolute Gasteiger partial charge is 0.243 e. The van der Waals surface area contributed by atoms with E-state index in [1.165, 1.54) is 4.90 Å². The highest BCUT2D eigenvalue weighted by Crippen LogP contribution is 2.64. The molecule has 238 valence electrons. The van der Waals surface area contributed by atoms with Crippen LogP contribution in [0.25, 0.3) is 0 Å². The molecule has 0 aromatic rings. The Morgan fingerprint density at radius 2 is 1.83 bits per heavy atom. The van der Waals surface area contributed by atoms with Gasteiger partial charge in [-0.25, -0.2) is 21.6 Å². The number of likely N-dealkylation sites (tertiary alicyclic amines) is 1. The van der Waals surface area contributed by atoms with Crippen molar-refractivity contribution in [3.63, 3.8) is 0 Å². The third-order valence-electron chi connectivity index (χ3n) is 9.62. The van der Waals surface area contributed by atoms with E-state index in [1.54, 1.807) is 6.92 Å². The van der Waals surface area contributed by atoms with Gasteiger partial charge in [-0.05, 0) is 69.6 Å². The summed E-state index contributed by atoms with van der Waals surface area (Å²) in [5, 5.41) is 10.2. The first-order valence-corrected chi connectivity index (χ1v) is 18.4. The maximum Gasteiger partial charge on any atom is 0.243 e. The van der Waals surface area contributed by atoms with Crippen molar-refractivity contribution in [3.05, 3.63) is 0 Å². The van der Waals surface area contributed by atoms with E-state index >= 15 is 0 Å². The van der Waals surface area contributed by atoms with Crippen LogP contribution in [0.1, 0.15) is 85.0 Å². The Morgan fingerprint density at radius 3 is 2.38 bits per heavy atom. The largest absolute Gasteiger partial charge is 0.345 e. The number of Topliss-reactive ketones (excluding diaryl/α,β-unsaturated/α-hetero) is 1. The van der Waals surface area contributed by atoms with Crippen LogP contribution >= 0.6 is 0 Å². The maximum absolute atomic E-state index is 13.7. The zero-order chi connectivity index (χ0) is 31.5. The molecule has 0 radical (unpaired) electrons. The number of hydrogen-bond donors (Lipinski definition) is 3. The van der Waals surface area contributed by atoms with Crippen molar-refractivity contribution in [2.75, 3.05) is 24.3 Å². The van der Waals surface area contributed by atoms with Gasteiger partial charge < -0.3 is 20.4 Å². The summed E-state index contributed by atoms with van der Waals surface area (Å²) < 4.78 is 53.4. The summed E-state index contributed by atoms with van der Waals surface area (Å²) in [6.07, 6.45) is 5.95. The molecule has 2 bridgehead atoms. The summed E-state index contributed by atoms with van der Waals surface area (Å²) >= 11 is 0. The van der Waals surface area contributed by atoms with Gasteiger partial charge in [-0.3, -0.25) is 14.4 Å². The molecule has 2 aliphatic carbocycles. The topological polar surface area (TPSA) is 188 Å². The first kappa shape index (κ1) is 34.3. The predicted octanol–water partition coefficient (Wildman–Crippen LogP) is 1.38. The Morgan fingerprint density at radius 1 is 1.14 bits per heavy atom. The fraction of sp³-hybridized carbons (Fsp3) is 0.821. The van der Waals surface area contributed by atoms with Crippen molar-refractivity contribution >= 4 is 49.5 Å². The summed E-state index contributed by atoms with van der Waals surface area (Å²) in [6, 6.07) is -3.13. The molecule has 2 amide bonds. The molecule has 0 aromatic heterocycles. The first-order valence-electron chi connectivity index (χ1n) is 14.7. The maximum atomic E-state index is 13.7. The lowest BCUT2D eigenvalue weighted by atomic mass is 9.70. The molecule has 42 heavy (non-hydrogen) atoms. The van der Waals surface area contributed by atoms with Crippen molar-refractivity contribution < 1.29 is 36.0 Å². The van der Waals surface area contributed by atoms with Crippen LogP contribution in [0.3, 0.4) is 0 Å². The Labute approximate surface area is 249 Å². The highest BCUT2D eigenvalue weighted by molar-refractivity contribution is 7.90. The summed E-state index contributed by atoms with van der Waals surface area (Å²) in [7, 11) is -7.76. The predicted molar refractivity (Wildman–Crippen MR) is 158 cm³/mol. The normalized spacial score (nSPS) is 26.7. The molecule has 0 spiro atoms. The van der Waals surface area contributed by atoms with E-state index in [4.69, 9.17) is 5.41 Å². The van der Waals surface area contributed by atoms with Crippen LogP contribution in [-0.4, -0.2) is 93.8 Å². The monoisotopic (exact) mass is 630 g/mol. The summed E-state index contributed by atoms with van der Waals surface area (Å²) in [5.74, 6) is -2.16. The number of amides is 2. The molecule has 3 N–H and O–H groups in total. The number of sulfonamides is 1. The number of carbonyl (C=O) groups excluding carboxylic acids is 4. The van der Waals surface area contributed by atoms with Crippen LogP contribution in [0.5, 0.6) is 0 Å². The molecule has 14 heteroatoms. The lowest BCUT2D eigenvalue weighted by molar-refractivity contribution is -0.140. The molecule has 12 nitrogen and oxygen atoms in total. The number of fused-ring (bicyclic) bond motifs is 2. The van der Waals surface area contributed by atoms with Gasteiger partial charge in [-0.15, -0.1) is 0 Å². The zero-order valence-electron chi connectivity index (χ0n) is 25.1. The average Bonchev–Trinajstić information content (AvgIpc) is 3.51. The molecular formula is C28H46N4O8S2.